The van der Waals surface area contributed by atoms with Gasteiger partial charge >= 0.3 is 0 Å². The minimum atomic E-state index is 0.0686. The van der Waals surface area contributed by atoms with Gasteiger partial charge in [-0.15, -0.1) is 0 Å². The Kier molecular flexibility index (Phi) is 9.42. The maximum atomic E-state index is 10.1. The fourth-order valence-electron chi connectivity index (χ4n) is 2.58. The number of hydrogen-bond donors (Lipinski definition) is 1. The van der Waals surface area contributed by atoms with E-state index < -0.39 is 0 Å². The first-order chi connectivity index (χ1) is 13.2. The Bertz CT molecular complexity index is 750. The number of aromatic hydroxyl groups is 1. The first-order valence-electron chi connectivity index (χ1n) is 9.05. The molecule has 6 heteroatoms. The van der Waals surface area contributed by atoms with Gasteiger partial charge in [0.1, 0.15) is 6.54 Å². The van der Waals surface area contributed by atoms with Gasteiger partial charge in [-0.05, 0) is 36.3 Å². The van der Waals surface area contributed by atoms with E-state index in [0.29, 0.717) is 11.5 Å². The van der Waals surface area contributed by atoms with E-state index in [9.17, 15) is 5.11 Å². The predicted molar refractivity (Wildman–Crippen MR) is 117 cm³/mol. The summed E-state index contributed by atoms with van der Waals surface area (Å²) in [6.45, 7) is 3.20. The molecule has 2 rings (SSSR count). The molecule has 0 aliphatic rings. The van der Waals surface area contributed by atoms with E-state index in [0.717, 1.165) is 30.0 Å². The highest BCUT2D eigenvalue weighted by atomic mass is 33.1. The van der Waals surface area contributed by atoms with Crippen molar-refractivity contribution < 1.29 is 19.1 Å². The normalized spacial score (nSPS) is 11.1. The molecular formula is C21H28NO3S2+. The zero-order chi connectivity index (χ0) is 19.5. The molecule has 1 N–H and O–H groups in total. The van der Waals surface area contributed by atoms with E-state index in [2.05, 4.69) is 35.9 Å². The molecule has 0 bridgehead atoms. The number of hydrogen-bond acceptors (Lipinski definition) is 5. The first-order valence-corrected chi connectivity index (χ1v) is 11.5. The van der Waals surface area contributed by atoms with Crippen molar-refractivity contribution in [1.29, 1.82) is 0 Å². The maximum absolute atomic E-state index is 10.1. The van der Waals surface area contributed by atoms with Crippen molar-refractivity contribution in [1.82, 2.24) is 0 Å². The van der Waals surface area contributed by atoms with E-state index in [1.165, 1.54) is 19.3 Å². The maximum Gasteiger partial charge on any atom is 0.205 e. The number of nitrogens with zero attached hydrogens (tertiary/aromatic N) is 1. The zero-order valence-electron chi connectivity index (χ0n) is 16.2. The van der Waals surface area contributed by atoms with E-state index in [-0.39, 0.29) is 5.75 Å². The van der Waals surface area contributed by atoms with Crippen LogP contribution in [0.1, 0.15) is 31.0 Å². The number of phenols is 1. The van der Waals surface area contributed by atoms with Crippen LogP contribution in [0.5, 0.6) is 17.2 Å². The van der Waals surface area contributed by atoms with E-state index in [1.807, 2.05) is 39.8 Å². The highest BCUT2D eigenvalue weighted by Gasteiger charge is 2.11. The number of pyridine rings is 1. The van der Waals surface area contributed by atoms with Crippen LogP contribution in [0.15, 0.2) is 36.5 Å². The molecule has 1 aromatic carbocycles. The van der Waals surface area contributed by atoms with E-state index in [1.54, 1.807) is 13.2 Å². The monoisotopic (exact) mass is 406 g/mol. The average molecular weight is 407 g/mol. The summed E-state index contributed by atoms with van der Waals surface area (Å²) in [5.41, 5.74) is 1.98. The highest BCUT2D eigenvalue weighted by Crippen LogP contribution is 2.37. The predicted octanol–water partition coefficient (Wildman–Crippen LogP) is 5.05. The fraction of sp³-hybridized carbons (Fsp3) is 0.381. The van der Waals surface area contributed by atoms with Gasteiger partial charge < -0.3 is 14.6 Å². The summed E-state index contributed by atoms with van der Waals surface area (Å²) in [5.74, 6) is 3.30. The van der Waals surface area contributed by atoms with Crippen LogP contribution in [-0.4, -0.2) is 30.8 Å². The van der Waals surface area contributed by atoms with Crippen molar-refractivity contribution in [3.8, 4) is 17.2 Å². The number of aryl methyl sites for hydroxylation is 1. The van der Waals surface area contributed by atoms with Gasteiger partial charge in [-0.1, -0.05) is 28.5 Å². The third-order valence-corrected chi connectivity index (χ3v) is 6.60. The number of benzene rings is 1. The van der Waals surface area contributed by atoms with E-state index in [4.69, 9.17) is 9.47 Å². The van der Waals surface area contributed by atoms with Gasteiger partial charge in [-0.25, -0.2) is 0 Å². The van der Waals surface area contributed by atoms with Crippen molar-refractivity contribution in [3.05, 3.63) is 47.8 Å². The average Bonchev–Trinajstić information content (AvgIpc) is 2.69. The van der Waals surface area contributed by atoms with Crippen molar-refractivity contribution in [2.45, 2.75) is 26.3 Å². The number of aromatic nitrogens is 1. The number of phenolic OH excluding ortho intramolecular Hbond substituents is 1. The standard InChI is InChI=1S/C21H27NO3S2/c1-4-13-26-27-14-7-12-22-11-6-5-8-18(22)10-9-17-15-19(23)21(25-3)20(16-17)24-2/h5-6,8-11,15-16H,4,7,12-14H2,1-3H3/p+1/b10-9+. The number of ether oxygens (including phenoxy) is 2. The Hall–Kier alpha value is -1.79. The number of rotatable bonds is 11. The van der Waals surface area contributed by atoms with Crippen LogP contribution in [0.3, 0.4) is 0 Å². The van der Waals surface area contributed by atoms with Crippen LogP contribution in [0.2, 0.25) is 0 Å². The van der Waals surface area contributed by atoms with Crippen LogP contribution in [0.4, 0.5) is 0 Å². The van der Waals surface area contributed by atoms with Gasteiger partial charge in [0, 0.05) is 36.1 Å². The molecule has 4 nitrogen and oxygen atoms in total. The summed E-state index contributed by atoms with van der Waals surface area (Å²) in [7, 11) is 6.98. The largest absolute Gasteiger partial charge is 0.504 e. The number of methoxy groups -OCH3 is 2. The Morgan fingerprint density at radius 1 is 1.07 bits per heavy atom. The van der Waals surface area contributed by atoms with Gasteiger partial charge in [-0.2, -0.15) is 4.57 Å². The fourth-order valence-corrected chi connectivity index (χ4v) is 4.79. The Morgan fingerprint density at radius 3 is 2.63 bits per heavy atom. The molecule has 0 spiro atoms. The molecule has 1 aromatic heterocycles. The molecule has 0 saturated carbocycles. The van der Waals surface area contributed by atoms with Gasteiger partial charge in [-0.3, -0.25) is 0 Å². The first kappa shape index (κ1) is 21.5. The van der Waals surface area contributed by atoms with Crippen molar-refractivity contribution in [2.24, 2.45) is 0 Å². The molecule has 27 heavy (non-hydrogen) atoms. The van der Waals surface area contributed by atoms with Crippen LogP contribution < -0.4 is 14.0 Å². The lowest BCUT2D eigenvalue weighted by Gasteiger charge is -2.10. The van der Waals surface area contributed by atoms with E-state index >= 15 is 0 Å². The molecule has 146 valence electrons. The lowest BCUT2D eigenvalue weighted by atomic mass is 10.1. The van der Waals surface area contributed by atoms with Crippen LogP contribution >= 0.6 is 21.6 Å². The molecule has 0 fully saturated rings. The molecule has 1 heterocycles. The summed E-state index contributed by atoms with van der Waals surface area (Å²) in [6.07, 6.45) is 8.49. The van der Waals surface area contributed by atoms with Gasteiger partial charge in [0.15, 0.2) is 17.7 Å². The molecule has 2 aromatic rings. The Balaban J connectivity index is 2.06. The molecule has 0 unspecified atom stereocenters. The second kappa shape index (κ2) is 11.8. The van der Waals surface area contributed by atoms with Crippen molar-refractivity contribution in [2.75, 3.05) is 25.7 Å². The molecule has 0 radical (unpaired) electrons. The zero-order valence-corrected chi connectivity index (χ0v) is 17.8. The second-order valence-electron chi connectivity index (χ2n) is 5.93. The Morgan fingerprint density at radius 2 is 1.89 bits per heavy atom. The molecule has 0 saturated heterocycles. The summed E-state index contributed by atoms with van der Waals surface area (Å²) < 4.78 is 12.7. The van der Waals surface area contributed by atoms with Crippen molar-refractivity contribution >= 4 is 33.7 Å². The molecular weight excluding hydrogens is 378 g/mol. The van der Waals surface area contributed by atoms with Crippen LogP contribution in [0, 0.1) is 0 Å². The van der Waals surface area contributed by atoms with Gasteiger partial charge in [0.05, 0.1) is 14.2 Å². The third-order valence-electron chi connectivity index (χ3n) is 3.90. The van der Waals surface area contributed by atoms with Crippen LogP contribution in [-0.2, 0) is 6.54 Å². The Labute approximate surface area is 170 Å². The SMILES string of the molecule is CCCSSCCC[n+]1ccccc1/C=C/c1cc(O)c(OC)c(OC)c1. The summed E-state index contributed by atoms with van der Waals surface area (Å²) >= 11 is 0. The van der Waals surface area contributed by atoms with Gasteiger partial charge in [0.25, 0.3) is 0 Å². The van der Waals surface area contributed by atoms with Gasteiger partial charge in [0.2, 0.25) is 11.4 Å². The lowest BCUT2D eigenvalue weighted by molar-refractivity contribution is -0.698. The minimum absolute atomic E-state index is 0.0686. The topological polar surface area (TPSA) is 42.6 Å². The summed E-state index contributed by atoms with van der Waals surface area (Å²) in [5, 5.41) is 10.1. The molecule has 0 aliphatic heterocycles. The molecule has 0 aliphatic carbocycles. The lowest BCUT2D eigenvalue weighted by Crippen LogP contribution is -2.36. The molecule has 0 atom stereocenters. The third kappa shape index (κ3) is 6.70. The smallest absolute Gasteiger partial charge is 0.205 e. The minimum Gasteiger partial charge on any atom is -0.504 e. The van der Waals surface area contributed by atoms with Crippen molar-refractivity contribution in [3.63, 3.8) is 0 Å². The summed E-state index contributed by atoms with van der Waals surface area (Å²) in [4.78, 5) is 0. The molecule has 0 amide bonds. The second-order valence-corrected chi connectivity index (χ2v) is 8.63. The van der Waals surface area contributed by atoms with Crippen LogP contribution in [0.25, 0.3) is 12.2 Å². The quantitative estimate of drug-likeness (QED) is 0.321. The summed E-state index contributed by atoms with van der Waals surface area (Å²) in [6, 6.07) is 9.71. The highest BCUT2D eigenvalue weighted by molar-refractivity contribution is 8.76.